The molecule has 1 fully saturated rings. The second kappa shape index (κ2) is 5.88. The fraction of sp³-hybridized carbons (Fsp3) is 0.636. The molecule has 1 N–H and O–H groups in total. The maximum absolute atomic E-state index is 11.3. The number of Topliss-reactive ketones (excluding diaryl/α,β-unsaturated/α-hetero) is 1. The van der Waals surface area contributed by atoms with Crippen LogP contribution in [0.25, 0.3) is 0 Å². The van der Waals surface area contributed by atoms with Gasteiger partial charge in [0.05, 0.1) is 12.4 Å². The van der Waals surface area contributed by atoms with Gasteiger partial charge in [0.15, 0.2) is 5.78 Å². The lowest BCUT2D eigenvalue weighted by Gasteiger charge is -2.15. The number of hydrogen-bond donors (Lipinski definition) is 1. The summed E-state index contributed by atoms with van der Waals surface area (Å²) in [6.45, 7) is 3.39. The molecule has 2 unspecified atom stereocenters. The van der Waals surface area contributed by atoms with Gasteiger partial charge in [-0.3, -0.25) is 4.79 Å². The lowest BCUT2D eigenvalue weighted by Crippen LogP contribution is -2.15. The molecule has 0 spiro atoms. The Morgan fingerprint density at radius 3 is 3.00 bits per heavy atom. The first-order valence-corrected chi connectivity index (χ1v) is 7.11. The summed E-state index contributed by atoms with van der Waals surface area (Å²) in [5.41, 5.74) is 1.22. The van der Waals surface area contributed by atoms with Gasteiger partial charge in [0.2, 0.25) is 0 Å². The Hall–Kier alpha value is -1.14. The Labute approximate surface area is 111 Å². The summed E-state index contributed by atoms with van der Waals surface area (Å²) >= 11 is 0. The largest absolute Gasteiger partial charge is 0.694 e. The summed E-state index contributed by atoms with van der Waals surface area (Å²) in [7, 11) is -2.59. The first-order valence-electron chi connectivity index (χ1n) is 5.98. The molecular formula is C11H16N2O5P+. The quantitative estimate of drug-likeness (QED) is 0.655. The van der Waals surface area contributed by atoms with Crippen molar-refractivity contribution in [2.45, 2.75) is 39.0 Å². The zero-order valence-electron chi connectivity index (χ0n) is 10.8. The van der Waals surface area contributed by atoms with E-state index in [1.165, 1.54) is 6.92 Å². The highest BCUT2D eigenvalue weighted by molar-refractivity contribution is 7.32. The minimum Gasteiger partial charge on any atom is -0.352 e. The zero-order chi connectivity index (χ0) is 14.0. The average molecular weight is 287 g/mol. The highest BCUT2D eigenvalue weighted by Crippen LogP contribution is 2.31. The van der Waals surface area contributed by atoms with Crippen molar-refractivity contribution in [3.63, 3.8) is 0 Å². The number of ether oxygens (including phenoxy) is 1. The van der Waals surface area contributed by atoms with Gasteiger partial charge in [0, 0.05) is 17.2 Å². The molecule has 104 valence electrons. The molecule has 2 heterocycles. The Kier molecular flexibility index (Phi) is 4.42. The summed E-state index contributed by atoms with van der Waals surface area (Å²) in [4.78, 5) is 24.0. The standard InChI is InChI=1S/C11H15N2O5P/c1-7-11(8(2)14)12-6-13(7)10-4-3-9(18-10)5-17-19(15)16/h6,9-10H,3-5H2,1-2H3/p+1/t9?,10-/m1/s1. The van der Waals surface area contributed by atoms with Crippen LogP contribution in [0.4, 0.5) is 0 Å². The van der Waals surface area contributed by atoms with E-state index in [4.69, 9.17) is 9.63 Å². The number of imidazole rings is 1. The molecule has 0 radical (unpaired) electrons. The van der Waals surface area contributed by atoms with Crippen LogP contribution >= 0.6 is 8.25 Å². The van der Waals surface area contributed by atoms with E-state index in [-0.39, 0.29) is 24.7 Å². The average Bonchev–Trinajstić information content (AvgIpc) is 2.92. The van der Waals surface area contributed by atoms with Gasteiger partial charge in [0.25, 0.3) is 0 Å². The van der Waals surface area contributed by atoms with E-state index in [9.17, 15) is 9.36 Å². The van der Waals surface area contributed by atoms with Gasteiger partial charge in [-0.2, -0.15) is 0 Å². The summed E-state index contributed by atoms with van der Waals surface area (Å²) in [5.74, 6) is -0.0774. The Balaban J connectivity index is 2.01. The maximum Gasteiger partial charge on any atom is 0.694 e. The number of carbonyl (C=O) groups is 1. The Morgan fingerprint density at radius 1 is 1.68 bits per heavy atom. The van der Waals surface area contributed by atoms with Gasteiger partial charge < -0.3 is 9.30 Å². The molecule has 0 amide bonds. The van der Waals surface area contributed by atoms with Crippen molar-refractivity contribution in [3.8, 4) is 0 Å². The zero-order valence-corrected chi connectivity index (χ0v) is 11.7. The molecule has 1 aliphatic heterocycles. The van der Waals surface area contributed by atoms with Crippen LogP contribution in [-0.2, 0) is 13.8 Å². The van der Waals surface area contributed by atoms with E-state index >= 15 is 0 Å². The molecule has 0 bridgehead atoms. The van der Waals surface area contributed by atoms with E-state index in [0.717, 1.165) is 18.5 Å². The SMILES string of the molecule is CC(=O)c1ncn([C@H]2CCC(CO[P+](=O)O)O2)c1C. The molecule has 2 rings (SSSR count). The molecule has 0 aliphatic carbocycles. The van der Waals surface area contributed by atoms with Crippen molar-refractivity contribution < 1.29 is 23.5 Å². The van der Waals surface area contributed by atoms with Crippen molar-refractivity contribution in [1.29, 1.82) is 0 Å². The highest BCUT2D eigenvalue weighted by Gasteiger charge is 2.30. The molecule has 1 aliphatic rings. The van der Waals surface area contributed by atoms with Gasteiger partial charge in [-0.1, -0.05) is 0 Å². The summed E-state index contributed by atoms with van der Waals surface area (Å²) < 4.78 is 22.6. The monoisotopic (exact) mass is 287 g/mol. The highest BCUT2D eigenvalue weighted by atomic mass is 31.1. The first-order chi connectivity index (χ1) is 8.99. The number of carbonyl (C=O) groups excluding carboxylic acids is 1. The van der Waals surface area contributed by atoms with Crippen molar-refractivity contribution in [2.24, 2.45) is 0 Å². The van der Waals surface area contributed by atoms with Crippen LogP contribution in [0.1, 0.15) is 42.2 Å². The third-order valence-electron chi connectivity index (χ3n) is 3.14. The van der Waals surface area contributed by atoms with Crippen LogP contribution in [-0.4, -0.2) is 32.9 Å². The number of hydrogen-bond acceptors (Lipinski definition) is 5. The van der Waals surface area contributed by atoms with E-state index in [1.807, 2.05) is 11.5 Å². The van der Waals surface area contributed by atoms with Gasteiger partial charge in [-0.25, -0.2) is 4.98 Å². The predicted molar refractivity (Wildman–Crippen MR) is 65.9 cm³/mol. The van der Waals surface area contributed by atoms with Gasteiger partial charge in [-0.15, -0.1) is 9.42 Å². The third kappa shape index (κ3) is 3.25. The van der Waals surface area contributed by atoms with Crippen LogP contribution in [0.5, 0.6) is 0 Å². The van der Waals surface area contributed by atoms with Crippen LogP contribution in [0.3, 0.4) is 0 Å². The Morgan fingerprint density at radius 2 is 2.42 bits per heavy atom. The van der Waals surface area contributed by atoms with E-state index in [2.05, 4.69) is 9.51 Å². The van der Waals surface area contributed by atoms with Crippen molar-refractivity contribution in [1.82, 2.24) is 9.55 Å². The third-order valence-corrected chi connectivity index (χ3v) is 3.51. The van der Waals surface area contributed by atoms with Crippen molar-refractivity contribution >= 4 is 14.0 Å². The molecule has 19 heavy (non-hydrogen) atoms. The van der Waals surface area contributed by atoms with Crippen molar-refractivity contribution in [2.75, 3.05) is 6.61 Å². The number of ketones is 1. The molecular weight excluding hydrogens is 271 g/mol. The molecule has 1 aromatic heterocycles. The summed E-state index contributed by atoms with van der Waals surface area (Å²) in [6.07, 6.45) is 2.67. The summed E-state index contributed by atoms with van der Waals surface area (Å²) in [6, 6.07) is 0. The lowest BCUT2D eigenvalue weighted by atomic mass is 10.2. The second-order valence-electron chi connectivity index (χ2n) is 4.47. The van der Waals surface area contributed by atoms with E-state index in [0.29, 0.717) is 5.69 Å². The molecule has 1 aromatic rings. The number of rotatable bonds is 5. The van der Waals surface area contributed by atoms with Crippen LogP contribution in [0.15, 0.2) is 6.33 Å². The topological polar surface area (TPSA) is 90.7 Å². The molecule has 3 atom stereocenters. The molecule has 8 heteroatoms. The normalized spacial score (nSPS) is 23.6. The minimum atomic E-state index is -2.59. The van der Waals surface area contributed by atoms with Gasteiger partial charge >= 0.3 is 8.25 Å². The minimum absolute atomic E-state index is 0.0774. The van der Waals surface area contributed by atoms with Crippen LogP contribution < -0.4 is 0 Å². The lowest BCUT2D eigenvalue weighted by molar-refractivity contribution is -0.0188. The fourth-order valence-electron chi connectivity index (χ4n) is 2.22. The van der Waals surface area contributed by atoms with Gasteiger partial charge in [0.1, 0.15) is 18.5 Å². The molecule has 0 aromatic carbocycles. The maximum atomic E-state index is 11.3. The molecule has 7 nitrogen and oxygen atoms in total. The fourth-order valence-corrected chi connectivity index (χ4v) is 2.51. The van der Waals surface area contributed by atoms with Crippen LogP contribution in [0.2, 0.25) is 0 Å². The van der Waals surface area contributed by atoms with Gasteiger partial charge in [-0.05, 0) is 19.8 Å². The summed E-state index contributed by atoms with van der Waals surface area (Å²) in [5, 5.41) is 0. The number of nitrogens with zero attached hydrogens (tertiary/aromatic N) is 2. The Bertz CT molecular complexity index is 501. The smallest absolute Gasteiger partial charge is 0.352 e. The van der Waals surface area contributed by atoms with E-state index < -0.39 is 8.25 Å². The van der Waals surface area contributed by atoms with E-state index in [1.54, 1.807) is 6.33 Å². The van der Waals surface area contributed by atoms with Crippen molar-refractivity contribution in [3.05, 3.63) is 17.7 Å². The predicted octanol–water partition coefficient (Wildman–Crippen LogP) is 1.74. The first kappa shape index (κ1) is 14.3. The molecule has 1 saturated heterocycles. The number of aromatic nitrogens is 2. The second-order valence-corrected chi connectivity index (χ2v) is 5.20. The molecule has 0 saturated carbocycles. The van der Waals surface area contributed by atoms with Crippen LogP contribution in [0, 0.1) is 6.92 Å².